The van der Waals surface area contributed by atoms with Gasteiger partial charge in [-0.25, -0.2) is 9.48 Å². The van der Waals surface area contributed by atoms with Gasteiger partial charge in [-0.2, -0.15) is 5.10 Å². The number of aromatic nitrogens is 4. The number of rotatable bonds is 6. The fourth-order valence-electron chi connectivity index (χ4n) is 2.97. The van der Waals surface area contributed by atoms with E-state index in [4.69, 9.17) is 18.6 Å². The van der Waals surface area contributed by atoms with Gasteiger partial charge in [-0.15, -0.1) is 10.2 Å². The first-order valence-electron chi connectivity index (χ1n) is 9.68. The first-order chi connectivity index (χ1) is 15.3. The highest BCUT2D eigenvalue weighted by Gasteiger charge is 2.29. The first-order valence-corrected chi connectivity index (χ1v) is 10.5. The molecule has 13 heteroatoms. The summed E-state index contributed by atoms with van der Waals surface area (Å²) in [4.78, 5) is 25.1. The predicted octanol–water partition coefficient (Wildman–Crippen LogP) is 1.81. The number of amides is 1. The Bertz CT molecular complexity index is 1180. The zero-order chi connectivity index (χ0) is 22.9. The van der Waals surface area contributed by atoms with Crippen molar-refractivity contribution >= 4 is 28.1 Å². The normalized spacial score (nSPS) is 16.0. The third kappa shape index (κ3) is 4.64. The first kappa shape index (κ1) is 21.9. The molecule has 32 heavy (non-hydrogen) atoms. The van der Waals surface area contributed by atoms with Gasteiger partial charge in [-0.3, -0.25) is 10.1 Å². The molecule has 0 bridgehead atoms. The summed E-state index contributed by atoms with van der Waals surface area (Å²) < 4.78 is 23.1. The van der Waals surface area contributed by atoms with Gasteiger partial charge in [0.1, 0.15) is 0 Å². The summed E-state index contributed by atoms with van der Waals surface area (Å²) in [7, 11) is 1.34. The van der Waals surface area contributed by atoms with Gasteiger partial charge in [-0.05, 0) is 26.8 Å². The maximum absolute atomic E-state index is 12.7. The molecule has 2 N–H and O–H groups in total. The Morgan fingerprint density at radius 2 is 2.06 bits per heavy atom. The minimum absolute atomic E-state index is 0.0567. The predicted molar refractivity (Wildman–Crippen MR) is 115 cm³/mol. The molecule has 0 unspecified atom stereocenters. The molecule has 0 aromatic carbocycles. The van der Waals surface area contributed by atoms with Gasteiger partial charge >= 0.3 is 5.63 Å². The maximum atomic E-state index is 12.7. The highest BCUT2D eigenvalue weighted by atomic mass is 32.1. The Morgan fingerprint density at radius 3 is 2.72 bits per heavy atom. The number of aryl methyl sites for hydroxylation is 1. The lowest BCUT2D eigenvalue weighted by Gasteiger charge is -2.35. The number of nitrogens with zero attached hydrogens (tertiary/aromatic N) is 4. The van der Waals surface area contributed by atoms with Crippen LogP contribution >= 0.6 is 11.3 Å². The van der Waals surface area contributed by atoms with Gasteiger partial charge in [0.05, 0.1) is 32.1 Å². The average Bonchev–Trinajstić information content (AvgIpc) is 3.38. The van der Waals surface area contributed by atoms with Gasteiger partial charge in [0, 0.05) is 18.0 Å². The van der Waals surface area contributed by atoms with Crippen molar-refractivity contribution in [2.45, 2.75) is 32.6 Å². The van der Waals surface area contributed by atoms with Crippen molar-refractivity contribution in [3.8, 4) is 10.9 Å². The van der Waals surface area contributed by atoms with Gasteiger partial charge in [0.25, 0.3) is 5.91 Å². The fraction of sp³-hybridized carbons (Fsp3) is 0.421. The molecule has 1 saturated heterocycles. The van der Waals surface area contributed by atoms with E-state index in [9.17, 15) is 9.59 Å². The minimum atomic E-state index is -0.800. The van der Waals surface area contributed by atoms with Crippen LogP contribution in [0.4, 0.5) is 10.8 Å². The molecular weight excluding hydrogens is 440 g/mol. The zero-order valence-electron chi connectivity index (χ0n) is 17.9. The Kier molecular flexibility index (Phi) is 5.95. The fourth-order valence-corrected chi connectivity index (χ4v) is 3.73. The number of hydrogen-bond donors (Lipinski definition) is 2. The summed E-state index contributed by atoms with van der Waals surface area (Å²) in [5.41, 5.74) is 0.358. The number of carbonyl (C=O) groups is 1. The highest BCUT2D eigenvalue weighted by Crippen LogP contribution is 2.26. The zero-order valence-corrected chi connectivity index (χ0v) is 18.7. The summed E-state index contributed by atoms with van der Waals surface area (Å²) in [6.45, 7) is 6.19. The molecule has 4 heterocycles. The maximum Gasteiger partial charge on any atom is 0.381 e. The molecule has 0 aliphatic carbocycles. The second-order valence-electron chi connectivity index (χ2n) is 7.44. The summed E-state index contributed by atoms with van der Waals surface area (Å²) in [6.07, 6.45) is 1.64. The van der Waals surface area contributed by atoms with Gasteiger partial charge in [-0.1, -0.05) is 11.3 Å². The molecule has 3 aromatic rings. The van der Waals surface area contributed by atoms with E-state index in [-0.39, 0.29) is 28.4 Å². The molecule has 1 fully saturated rings. The van der Waals surface area contributed by atoms with E-state index in [0.717, 1.165) is 17.0 Å². The van der Waals surface area contributed by atoms with Crippen molar-refractivity contribution in [2.24, 2.45) is 0 Å². The third-order valence-electron chi connectivity index (χ3n) is 4.61. The Hall–Kier alpha value is -3.29. The molecule has 0 radical (unpaired) electrons. The van der Waals surface area contributed by atoms with E-state index >= 15 is 0 Å². The molecule has 12 nitrogen and oxygen atoms in total. The van der Waals surface area contributed by atoms with Gasteiger partial charge in [0.15, 0.2) is 11.5 Å². The van der Waals surface area contributed by atoms with Crippen LogP contribution < -0.4 is 21.0 Å². The van der Waals surface area contributed by atoms with Crippen molar-refractivity contribution in [3.63, 3.8) is 0 Å². The molecule has 0 spiro atoms. The Morgan fingerprint density at radius 1 is 1.31 bits per heavy atom. The molecular formula is C19H22N6O6S. The lowest BCUT2D eigenvalue weighted by Crippen LogP contribution is -2.45. The minimum Gasteiger partial charge on any atom is -0.488 e. The molecule has 1 aliphatic rings. The van der Waals surface area contributed by atoms with E-state index in [1.165, 1.54) is 13.2 Å². The Balaban J connectivity index is 1.52. The highest BCUT2D eigenvalue weighted by molar-refractivity contribution is 7.17. The molecule has 4 rings (SSSR count). The van der Waals surface area contributed by atoms with Crippen LogP contribution in [0.15, 0.2) is 27.5 Å². The molecule has 170 valence electrons. The van der Waals surface area contributed by atoms with Crippen molar-refractivity contribution < 1.29 is 23.4 Å². The van der Waals surface area contributed by atoms with Gasteiger partial charge < -0.3 is 23.9 Å². The lowest BCUT2D eigenvalue weighted by atomic mass is 10.2. The van der Waals surface area contributed by atoms with E-state index in [0.29, 0.717) is 18.3 Å². The SMILES string of the molecule is COc1c(NC2COC(C)(C)OC2)cc(C(=O)Nc2nnc(-n3nccc3C)s2)oc1=O. The van der Waals surface area contributed by atoms with E-state index in [1.807, 2.05) is 26.8 Å². The largest absolute Gasteiger partial charge is 0.488 e. The van der Waals surface area contributed by atoms with Crippen LogP contribution in [-0.2, 0) is 9.47 Å². The standard InChI is InChI=1S/C19H22N6O6S/c1-10-5-6-20-25(10)18-24-23-17(32-18)22-15(26)13-7-12(14(28-4)16(27)31-13)21-11-8-29-19(2,3)30-9-11/h5-7,11,21H,8-9H2,1-4H3,(H,22,23,26). The van der Waals surface area contributed by atoms with E-state index in [2.05, 4.69) is 25.9 Å². The van der Waals surface area contributed by atoms with Crippen molar-refractivity contribution in [3.05, 3.63) is 40.2 Å². The Labute approximate surface area is 186 Å². The smallest absolute Gasteiger partial charge is 0.381 e. The number of anilines is 2. The number of nitrogens with one attached hydrogen (secondary N) is 2. The van der Waals surface area contributed by atoms with E-state index in [1.54, 1.807) is 10.9 Å². The van der Waals surface area contributed by atoms with Gasteiger partial charge in [0.2, 0.25) is 16.0 Å². The topological polar surface area (TPSA) is 143 Å². The summed E-state index contributed by atoms with van der Waals surface area (Å²) in [6, 6.07) is 2.95. The van der Waals surface area contributed by atoms with Crippen LogP contribution in [0.1, 0.15) is 30.1 Å². The average molecular weight is 462 g/mol. The van der Waals surface area contributed by atoms with E-state index < -0.39 is 17.3 Å². The molecule has 0 atom stereocenters. The van der Waals surface area contributed by atoms with Crippen LogP contribution in [0.25, 0.3) is 5.13 Å². The monoisotopic (exact) mass is 462 g/mol. The number of ether oxygens (including phenoxy) is 3. The number of hydrogen-bond acceptors (Lipinski definition) is 11. The number of carbonyl (C=O) groups excluding carboxylic acids is 1. The summed E-state index contributed by atoms with van der Waals surface area (Å²) >= 11 is 1.13. The summed E-state index contributed by atoms with van der Waals surface area (Å²) in [5, 5.41) is 18.5. The second kappa shape index (κ2) is 8.68. The van der Waals surface area contributed by atoms with Crippen LogP contribution in [-0.4, -0.2) is 58.0 Å². The summed E-state index contributed by atoms with van der Waals surface area (Å²) in [5.74, 6) is -1.62. The van der Waals surface area contributed by atoms with Crippen LogP contribution in [0, 0.1) is 6.92 Å². The molecule has 3 aromatic heterocycles. The van der Waals surface area contributed by atoms with Crippen molar-refractivity contribution in [2.75, 3.05) is 31.0 Å². The lowest BCUT2D eigenvalue weighted by molar-refractivity contribution is -0.247. The van der Waals surface area contributed by atoms with Crippen LogP contribution in [0.3, 0.4) is 0 Å². The molecule has 1 amide bonds. The molecule has 1 aliphatic heterocycles. The number of methoxy groups -OCH3 is 1. The van der Waals surface area contributed by atoms with Crippen LogP contribution in [0.5, 0.6) is 5.75 Å². The second-order valence-corrected chi connectivity index (χ2v) is 8.39. The van der Waals surface area contributed by atoms with Crippen LogP contribution in [0.2, 0.25) is 0 Å². The van der Waals surface area contributed by atoms with Crippen molar-refractivity contribution in [1.29, 1.82) is 0 Å². The van der Waals surface area contributed by atoms with Crippen molar-refractivity contribution in [1.82, 2.24) is 20.0 Å². The third-order valence-corrected chi connectivity index (χ3v) is 5.42. The molecule has 0 saturated carbocycles. The quantitative estimate of drug-likeness (QED) is 0.557.